The SMILES string of the molecule is C/C=C1/C(=O)N(Cc2ccccc2OC)C(C(=O)NCCCOC)CN1/N=C/C=O. The minimum atomic E-state index is -0.794. The molecule has 0 aliphatic carbocycles. The molecular weight excluding hydrogens is 388 g/mol. The molecule has 1 fully saturated rings. The van der Waals surface area contributed by atoms with Gasteiger partial charge in [-0.25, -0.2) is 0 Å². The van der Waals surface area contributed by atoms with Gasteiger partial charge in [0.1, 0.15) is 17.5 Å². The molecule has 9 heteroatoms. The number of aldehydes is 1. The highest BCUT2D eigenvalue weighted by molar-refractivity contribution is 6.12. The van der Waals surface area contributed by atoms with Gasteiger partial charge in [0, 0.05) is 25.8 Å². The summed E-state index contributed by atoms with van der Waals surface area (Å²) < 4.78 is 10.4. The molecule has 9 nitrogen and oxygen atoms in total. The minimum absolute atomic E-state index is 0.126. The molecule has 0 radical (unpaired) electrons. The lowest BCUT2D eigenvalue weighted by atomic mass is 10.1. The zero-order valence-electron chi connectivity index (χ0n) is 17.5. The number of ether oxygens (including phenoxy) is 2. The van der Waals surface area contributed by atoms with Crippen LogP contribution in [-0.2, 0) is 25.7 Å². The number of hydrogen-bond acceptors (Lipinski definition) is 7. The standard InChI is InChI=1S/C21H28N4O5/c1-4-17-21(28)24(14-16-8-5-6-9-19(16)30-3)18(15-25(17)23-11-12-26)20(27)22-10-7-13-29-2/h4-6,8-9,11-12,18H,7,10,13-15H2,1-3H3,(H,22,27)/b17-4-,23-11+. The average molecular weight is 416 g/mol. The molecule has 0 aromatic heterocycles. The van der Waals surface area contributed by atoms with Crippen LogP contribution in [0.4, 0.5) is 0 Å². The van der Waals surface area contributed by atoms with Crippen molar-refractivity contribution in [3.05, 3.63) is 41.6 Å². The number of methoxy groups -OCH3 is 2. The molecule has 1 heterocycles. The predicted octanol–water partition coefficient (Wildman–Crippen LogP) is 0.949. The van der Waals surface area contributed by atoms with Gasteiger partial charge in [0.2, 0.25) is 5.91 Å². The van der Waals surface area contributed by atoms with E-state index in [-0.39, 0.29) is 24.9 Å². The molecular formula is C21H28N4O5. The van der Waals surface area contributed by atoms with Gasteiger partial charge >= 0.3 is 0 Å². The summed E-state index contributed by atoms with van der Waals surface area (Å²) in [6.07, 6.45) is 3.86. The van der Waals surface area contributed by atoms with E-state index in [9.17, 15) is 14.4 Å². The Hall–Kier alpha value is -3.20. The number of rotatable bonds is 10. The van der Waals surface area contributed by atoms with Crippen molar-refractivity contribution in [1.29, 1.82) is 0 Å². The Bertz CT molecular complexity index is 808. The van der Waals surface area contributed by atoms with Gasteiger partial charge in [-0.05, 0) is 19.4 Å². The lowest BCUT2D eigenvalue weighted by molar-refractivity contribution is -0.144. The third-order valence-electron chi connectivity index (χ3n) is 4.68. The molecule has 0 bridgehead atoms. The summed E-state index contributed by atoms with van der Waals surface area (Å²) in [5.74, 6) is -0.0152. The van der Waals surface area contributed by atoms with Crippen LogP contribution in [0.3, 0.4) is 0 Å². The second kappa shape index (κ2) is 11.7. The summed E-state index contributed by atoms with van der Waals surface area (Å²) in [4.78, 5) is 38.4. The summed E-state index contributed by atoms with van der Waals surface area (Å²) in [6, 6.07) is 6.56. The van der Waals surface area contributed by atoms with Gasteiger partial charge in [0.25, 0.3) is 5.91 Å². The normalized spacial score (nSPS) is 18.2. The first-order chi connectivity index (χ1) is 14.6. The van der Waals surface area contributed by atoms with Crippen molar-refractivity contribution in [2.24, 2.45) is 5.10 Å². The van der Waals surface area contributed by atoms with E-state index in [2.05, 4.69) is 10.4 Å². The van der Waals surface area contributed by atoms with E-state index in [0.717, 1.165) is 11.8 Å². The second-order valence-corrected chi connectivity index (χ2v) is 6.55. The van der Waals surface area contributed by atoms with E-state index in [0.29, 0.717) is 37.3 Å². The number of piperazine rings is 1. The van der Waals surface area contributed by atoms with Crippen molar-refractivity contribution in [1.82, 2.24) is 15.2 Å². The van der Waals surface area contributed by atoms with Crippen molar-refractivity contribution < 1.29 is 23.9 Å². The van der Waals surface area contributed by atoms with E-state index < -0.39 is 6.04 Å². The highest BCUT2D eigenvalue weighted by Crippen LogP contribution is 2.26. The topological polar surface area (TPSA) is 101 Å². The monoisotopic (exact) mass is 416 g/mol. The van der Waals surface area contributed by atoms with Gasteiger partial charge in [-0.3, -0.25) is 19.4 Å². The lowest BCUT2D eigenvalue weighted by Gasteiger charge is -2.40. The maximum absolute atomic E-state index is 13.2. The van der Waals surface area contributed by atoms with Crippen LogP contribution in [0.25, 0.3) is 0 Å². The molecule has 162 valence electrons. The molecule has 1 unspecified atom stereocenters. The number of amides is 2. The highest BCUT2D eigenvalue weighted by Gasteiger charge is 2.40. The van der Waals surface area contributed by atoms with Crippen LogP contribution in [0.1, 0.15) is 18.9 Å². The predicted molar refractivity (Wildman–Crippen MR) is 112 cm³/mol. The number of carbonyl (C=O) groups excluding carboxylic acids is 3. The molecule has 30 heavy (non-hydrogen) atoms. The number of hydrogen-bond donors (Lipinski definition) is 1. The molecule has 1 N–H and O–H groups in total. The molecule has 1 aromatic carbocycles. The van der Waals surface area contributed by atoms with Crippen molar-refractivity contribution in [2.45, 2.75) is 25.9 Å². The Labute approximate surface area is 176 Å². The van der Waals surface area contributed by atoms with Crippen LogP contribution in [0, 0.1) is 0 Å². The fraction of sp³-hybridized carbons (Fsp3) is 0.429. The van der Waals surface area contributed by atoms with Crippen LogP contribution in [-0.4, -0.2) is 74.2 Å². The van der Waals surface area contributed by atoms with E-state index in [1.807, 2.05) is 18.2 Å². The third kappa shape index (κ3) is 5.66. The van der Waals surface area contributed by atoms with Gasteiger partial charge < -0.3 is 19.7 Å². The third-order valence-corrected chi connectivity index (χ3v) is 4.68. The molecule has 0 saturated carbocycles. The zero-order chi connectivity index (χ0) is 21.9. The molecule has 1 aliphatic heterocycles. The fourth-order valence-corrected chi connectivity index (χ4v) is 3.22. The van der Waals surface area contributed by atoms with Crippen LogP contribution >= 0.6 is 0 Å². The number of nitrogens with one attached hydrogen (secondary N) is 1. The Kier molecular flexibility index (Phi) is 9.02. The van der Waals surface area contributed by atoms with Gasteiger partial charge in [0.05, 0.1) is 26.4 Å². The van der Waals surface area contributed by atoms with Gasteiger partial charge in [0.15, 0.2) is 6.29 Å². The highest BCUT2D eigenvalue weighted by atomic mass is 16.5. The maximum Gasteiger partial charge on any atom is 0.272 e. The van der Waals surface area contributed by atoms with E-state index in [1.165, 1.54) is 9.91 Å². The number of carbonyl (C=O) groups is 3. The molecule has 0 spiro atoms. The van der Waals surface area contributed by atoms with Crippen LogP contribution in [0.15, 0.2) is 41.1 Å². The van der Waals surface area contributed by atoms with Crippen LogP contribution in [0.2, 0.25) is 0 Å². The molecule has 1 aromatic rings. The average Bonchev–Trinajstić information content (AvgIpc) is 2.76. The quantitative estimate of drug-likeness (QED) is 0.264. The smallest absolute Gasteiger partial charge is 0.272 e. The summed E-state index contributed by atoms with van der Waals surface area (Å²) in [7, 11) is 3.15. The lowest BCUT2D eigenvalue weighted by Crippen LogP contribution is -2.59. The van der Waals surface area contributed by atoms with E-state index in [4.69, 9.17) is 9.47 Å². The van der Waals surface area contributed by atoms with Crippen molar-refractivity contribution >= 4 is 24.3 Å². The first kappa shape index (κ1) is 23.1. The van der Waals surface area contributed by atoms with E-state index >= 15 is 0 Å². The number of nitrogens with zero attached hydrogens (tertiary/aromatic N) is 3. The maximum atomic E-state index is 13.2. The number of para-hydroxylation sites is 1. The molecule has 1 aliphatic rings. The summed E-state index contributed by atoms with van der Waals surface area (Å²) >= 11 is 0. The molecule has 2 rings (SSSR count). The van der Waals surface area contributed by atoms with Crippen molar-refractivity contribution in [3.63, 3.8) is 0 Å². The first-order valence-electron chi connectivity index (χ1n) is 9.68. The number of hydrazone groups is 1. The Balaban J connectivity index is 2.32. The Morgan fingerprint density at radius 1 is 1.33 bits per heavy atom. The molecule has 1 atom stereocenters. The van der Waals surface area contributed by atoms with Gasteiger partial charge in [-0.1, -0.05) is 24.3 Å². The van der Waals surface area contributed by atoms with E-state index in [1.54, 1.807) is 33.3 Å². The summed E-state index contributed by atoms with van der Waals surface area (Å²) in [5.41, 5.74) is 1.08. The zero-order valence-corrected chi connectivity index (χ0v) is 17.5. The summed E-state index contributed by atoms with van der Waals surface area (Å²) in [5, 5.41) is 8.26. The van der Waals surface area contributed by atoms with Gasteiger partial charge in [-0.15, -0.1) is 0 Å². The van der Waals surface area contributed by atoms with Crippen molar-refractivity contribution in [2.75, 3.05) is 33.9 Å². The summed E-state index contributed by atoms with van der Waals surface area (Å²) in [6.45, 7) is 2.98. The van der Waals surface area contributed by atoms with Crippen LogP contribution in [0.5, 0.6) is 5.75 Å². The van der Waals surface area contributed by atoms with Gasteiger partial charge in [-0.2, -0.15) is 5.10 Å². The minimum Gasteiger partial charge on any atom is -0.496 e. The Morgan fingerprint density at radius 2 is 2.10 bits per heavy atom. The molecule has 2 amide bonds. The second-order valence-electron chi connectivity index (χ2n) is 6.55. The number of benzene rings is 1. The van der Waals surface area contributed by atoms with Crippen LogP contribution < -0.4 is 10.1 Å². The first-order valence-corrected chi connectivity index (χ1v) is 9.68. The van der Waals surface area contributed by atoms with Crippen molar-refractivity contribution in [3.8, 4) is 5.75 Å². The molecule has 1 saturated heterocycles. The number of allylic oxidation sites excluding steroid dienone is 1. The largest absolute Gasteiger partial charge is 0.496 e. The Morgan fingerprint density at radius 3 is 2.77 bits per heavy atom. The fourth-order valence-electron chi connectivity index (χ4n) is 3.22.